The van der Waals surface area contributed by atoms with Crippen LogP contribution in [0.2, 0.25) is 0 Å². The van der Waals surface area contributed by atoms with E-state index in [0.29, 0.717) is 6.54 Å². The number of aromatic nitrogens is 2. The summed E-state index contributed by atoms with van der Waals surface area (Å²) in [5.41, 5.74) is 7.07. The summed E-state index contributed by atoms with van der Waals surface area (Å²) in [5.74, 6) is -0.145. The van der Waals surface area contributed by atoms with Gasteiger partial charge >= 0.3 is 0 Å². The first-order valence-electron chi connectivity index (χ1n) is 7.28. The summed E-state index contributed by atoms with van der Waals surface area (Å²) >= 11 is 1.66. The quantitative estimate of drug-likeness (QED) is 0.814. The molecule has 1 amide bonds. The van der Waals surface area contributed by atoms with Gasteiger partial charge in [0.2, 0.25) is 0 Å². The SMILES string of the molecule is CCN(CC)[C@@H](CNC(=O)c1nccnc1N)c1ccsc1. The summed E-state index contributed by atoms with van der Waals surface area (Å²) in [7, 11) is 0. The molecule has 0 aliphatic heterocycles. The number of thiophene rings is 1. The lowest BCUT2D eigenvalue weighted by atomic mass is 10.1. The summed E-state index contributed by atoms with van der Waals surface area (Å²) in [6.45, 7) is 6.57. The van der Waals surface area contributed by atoms with Gasteiger partial charge < -0.3 is 11.1 Å². The van der Waals surface area contributed by atoms with E-state index in [-0.39, 0.29) is 23.5 Å². The topological polar surface area (TPSA) is 84.1 Å². The molecule has 2 aromatic rings. The lowest BCUT2D eigenvalue weighted by Gasteiger charge is -2.29. The van der Waals surface area contributed by atoms with Crippen LogP contribution in [0.1, 0.15) is 35.9 Å². The van der Waals surface area contributed by atoms with E-state index >= 15 is 0 Å². The monoisotopic (exact) mass is 319 g/mol. The molecule has 0 saturated carbocycles. The maximum Gasteiger partial charge on any atom is 0.273 e. The van der Waals surface area contributed by atoms with Crippen LogP contribution >= 0.6 is 11.3 Å². The summed E-state index contributed by atoms with van der Waals surface area (Å²) < 4.78 is 0. The first-order valence-corrected chi connectivity index (χ1v) is 8.22. The average Bonchev–Trinajstić information content (AvgIpc) is 3.05. The molecule has 0 aliphatic carbocycles. The zero-order valence-electron chi connectivity index (χ0n) is 12.8. The van der Waals surface area contributed by atoms with Crippen LogP contribution in [0.25, 0.3) is 0 Å². The molecule has 118 valence electrons. The molecular formula is C15H21N5OS. The third kappa shape index (κ3) is 3.80. The highest BCUT2D eigenvalue weighted by atomic mass is 32.1. The molecule has 0 unspecified atom stereocenters. The average molecular weight is 319 g/mol. The van der Waals surface area contributed by atoms with Gasteiger partial charge in [0, 0.05) is 18.9 Å². The molecule has 22 heavy (non-hydrogen) atoms. The van der Waals surface area contributed by atoms with Crippen molar-refractivity contribution in [3.8, 4) is 0 Å². The molecule has 2 rings (SSSR count). The van der Waals surface area contributed by atoms with Crippen molar-refractivity contribution in [3.05, 3.63) is 40.5 Å². The van der Waals surface area contributed by atoms with Crippen LogP contribution in [0.5, 0.6) is 0 Å². The highest BCUT2D eigenvalue weighted by Gasteiger charge is 2.20. The number of likely N-dealkylation sites (N-methyl/N-ethyl adjacent to an activating group) is 1. The number of nitrogen functional groups attached to an aromatic ring is 1. The fraction of sp³-hybridized carbons (Fsp3) is 0.400. The van der Waals surface area contributed by atoms with Gasteiger partial charge in [-0.1, -0.05) is 13.8 Å². The molecule has 7 heteroatoms. The van der Waals surface area contributed by atoms with Crippen molar-refractivity contribution < 1.29 is 4.79 Å². The van der Waals surface area contributed by atoms with Crippen LogP contribution in [0, 0.1) is 0 Å². The summed E-state index contributed by atoms with van der Waals surface area (Å²) in [4.78, 5) is 22.4. The Balaban J connectivity index is 2.08. The number of carbonyl (C=O) groups excluding carboxylic acids is 1. The van der Waals surface area contributed by atoms with Crippen LogP contribution in [0.4, 0.5) is 5.82 Å². The minimum absolute atomic E-state index is 0.142. The third-order valence-electron chi connectivity index (χ3n) is 3.58. The van der Waals surface area contributed by atoms with Crippen LogP contribution in [0.3, 0.4) is 0 Å². The van der Waals surface area contributed by atoms with Crippen molar-refractivity contribution in [1.82, 2.24) is 20.2 Å². The summed E-state index contributed by atoms with van der Waals surface area (Å²) in [5, 5.41) is 7.09. The van der Waals surface area contributed by atoms with Crippen molar-refractivity contribution in [2.45, 2.75) is 19.9 Å². The van der Waals surface area contributed by atoms with E-state index in [1.165, 1.54) is 18.0 Å². The molecule has 0 bridgehead atoms. The zero-order chi connectivity index (χ0) is 15.9. The maximum absolute atomic E-state index is 12.2. The van der Waals surface area contributed by atoms with Gasteiger partial charge in [-0.3, -0.25) is 9.69 Å². The van der Waals surface area contributed by atoms with Gasteiger partial charge in [0.05, 0.1) is 6.04 Å². The molecule has 1 atom stereocenters. The van der Waals surface area contributed by atoms with Gasteiger partial charge in [0.15, 0.2) is 11.5 Å². The fourth-order valence-electron chi connectivity index (χ4n) is 2.38. The molecule has 0 radical (unpaired) electrons. The summed E-state index contributed by atoms with van der Waals surface area (Å²) in [6.07, 6.45) is 2.93. The normalized spacial score (nSPS) is 12.3. The number of amides is 1. The predicted molar refractivity (Wildman–Crippen MR) is 88.8 cm³/mol. The number of hydrogen-bond acceptors (Lipinski definition) is 6. The molecule has 2 aromatic heterocycles. The second-order valence-electron chi connectivity index (χ2n) is 4.79. The molecule has 0 aromatic carbocycles. The number of nitrogens with one attached hydrogen (secondary N) is 1. The Morgan fingerprint density at radius 1 is 1.36 bits per heavy atom. The Labute approximate surface area is 134 Å². The predicted octanol–water partition coefficient (Wildman–Crippen LogP) is 1.93. The fourth-order valence-corrected chi connectivity index (χ4v) is 3.09. The van der Waals surface area contributed by atoms with Crippen molar-refractivity contribution in [1.29, 1.82) is 0 Å². The van der Waals surface area contributed by atoms with E-state index in [9.17, 15) is 4.79 Å². The second-order valence-corrected chi connectivity index (χ2v) is 5.57. The number of nitrogens with two attached hydrogens (primary N) is 1. The Morgan fingerprint density at radius 2 is 2.09 bits per heavy atom. The van der Waals surface area contributed by atoms with Gasteiger partial charge in [-0.2, -0.15) is 11.3 Å². The Hall–Kier alpha value is -1.99. The number of carbonyl (C=O) groups is 1. The minimum atomic E-state index is -0.294. The lowest BCUT2D eigenvalue weighted by Crippen LogP contribution is -2.38. The van der Waals surface area contributed by atoms with Crippen molar-refractivity contribution in [2.75, 3.05) is 25.4 Å². The van der Waals surface area contributed by atoms with E-state index in [1.807, 2.05) is 5.38 Å². The number of rotatable bonds is 7. The smallest absolute Gasteiger partial charge is 0.273 e. The molecule has 2 heterocycles. The Bertz CT molecular complexity index is 598. The van der Waals surface area contributed by atoms with Gasteiger partial charge in [-0.05, 0) is 35.5 Å². The molecule has 0 aliphatic rings. The van der Waals surface area contributed by atoms with E-state index in [2.05, 4.69) is 45.5 Å². The van der Waals surface area contributed by atoms with E-state index in [1.54, 1.807) is 11.3 Å². The standard InChI is InChI=1S/C15H21N5OS/c1-3-20(4-2)12(11-5-8-22-10-11)9-19-15(21)13-14(16)18-7-6-17-13/h5-8,10,12H,3-4,9H2,1-2H3,(H2,16,18)(H,19,21)/t12-/m0/s1. The van der Waals surface area contributed by atoms with E-state index < -0.39 is 0 Å². The molecule has 0 fully saturated rings. The Morgan fingerprint density at radius 3 is 2.68 bits per heavy atom. The largest absolute Gasteiger partial charge is 0.382 e. The van der Waals surface area contributed by atoms with Crippen LogP contribution in [-0.4, -0.2) is 40.4 Å². The lowest BCUT2D eigenvalue weighted by molar-refractivity contribution is 0.0930. The number of anilines is 1. The zero-order valence-corrected chi connectivity index (χ0v) is 13.6. The second kappa shape index (κ2) is 7.86. The van der Waals surface area contributed by atoms with Crippen LogP contribution in [0.15, 0.2) is 29.2 Å². The molecule has 3 N–H and O–H groups in total. The van der Waals surface area contributed by atoms with Gasteiger partial charge in [0.25, 0.3) is 5.91 Å². The van der Waals surface area contributed by atoms with Crippen LogP contribution in [-0.2, 0) is 0 Å². The van der Waals surface area contributed by atoms with E-state index in [4.69, 9.17) is 5.73 Å². The number of nitrogens with zero attached hydrogens (tertiary/aromatic N) is 3. The molecule has 6 nitrogen and oxygen atoms in total. The van der Waals surface area contributed by atoms with Crippen molar-refractivity contribution >= 4 is 23.1 Å². The Kier molecular flexibility index (Phi) is 5.85. The molecule has 0 saturated heterocycles. The van der Waals surface area contributed by atoms with Gasteiger partial charge in [-0.15, -0.1) is 0 Å². The van der Waals surface area contributed by atoms with Crippen molar-refractivity contribution in [3.63, 3.8) is 0 Å². The molecule has 0 spiro atoms. The maximum atomic E-state index is 12.2. The van der Waals surface area contributed by atoms with Gasteiger partial charge in [-0.25, -0.2) is 9.97 Å². The minimum Gasteiger partial charge on any atom is -0.382 e. The highest BCUT2D eigenvalue weighted by Crippen LogP contribution is 2.22. The van der Waals surface area contributed by atoms with Gasteiger partial charge in [0.1, 0.15) is 0 Å². The first kappa shape index (κ1) is 16.4. The summed E-state index contributed by atoms with van der Waals surface area (Å²) in [6, 6.07) is 2.24. The van der Waals surface area contributed by atoms with Crippen molar-refractivity contribution in [2.24, 2.45) is 0 Å². The number of hydrogen-bond donors (Lipinski definition) is 2. The van der Waals surface area contributed by atoms with E-state index in [0.717, 1.165) is 13.1 Å². The van der Waals surface area contributed by atoms with Crippen LogP contribution < -0.4 is 11.1 Å². The third-order valence-corrected chi connectivity index (χ3v) is 4.28. The molecular weight excluding hydrogens is 298 g/mol. The highest BCUT2D eigenvalue weighted by molar-refractivity contribution is 7.07. The first-order chi connectivity index (χ1) is 10.7.